The molecule has 1 aliphatic rings. The summed E-state index contributed by atoms with van der Waals surface area (Å²) in [7, 11) is 0. The number of hydrogen-bond donors (Lipinski definition) is 0. The number of halogens is 3. The third-order valence-electron chi connectivity index (χ3n) is 3.54. The first-order valence-electron chi connectivity index (χ1n) is 6.70. The van der Waals surface area contributed by atoms with Crippen molar-refractivity contribution in [3.8, 4) is 6.07 Å². The van der Waals surface area contributed by atoms with Crippen molar-refractivity contribution in [3.63, 3.8) is 0 Å². The van der Waals surface area contributed by atoms with E-state index >= 15 is 0 Å². The monoisotopic (exact) mass is 283 g/mol. The molecule has 1 aromatic heterocycles. The molecular formula is C14H16F3N3. The SMILES string of the molecule is N#Cc1cccc(N(CCC(F)(F)F)C2CCCC2)n1. The van der Waals surface area contributed by atoms with Crippen LogP contribution in [0.25, 0.3) is 0 Å². The molecule has 0 spiro atoms. The van der Waals surface area contributed by atoms with E-state index in [1.54, 1.807) is 23.1 Å². The molecule has 1 aromatic rings. The first-order chi connectivity index (χ1) is 9.49. The van der Waals surface area contributed by atoms with Gasteiger partial charge in [-0.2, -0.15) is 18.4 Å². The largest absolute Gasteiger partial charge is 0.390 e. The van der Waals surface area contributed by atoms with Gasteiger partial charge in [0.25, 0.3) is 0 Å². The molecule has 3 nitrogen and oxygen atoms in total. The molecule has 20 heavy (non-hydrogen) atoms. The standard InChI is InChI=1S/C14H16F3N3/c15-14(16,17)8-9-20(12-5-1-2-6-12)13-7-3-4-11(10-18)19-13/h3-4,7,12H,1-2,5-6,8-9H2. The van der Waals surface area contributed by atoms with Gasteiger partial charge in [-0.1, -0.05) is 18.9 Å². The van der Waals surface area contributed by atoms with Gasteiger partial charge in [-0.3, -0.25) is 0 Å². The minimum absolute atomic E-state index is 0.0961. The van der Waals surface area contributed by atoms with Crippen molar-refractivity contribution in [2.45, 2.75) is 44.3 Å². The minimum Gasteiger partial charge on any atom is -0.353 e. The normalized spacial score (nSPS) is 16.1. The second-order valence-corrected chi connectivity index (χ2v) is 4.99. The van der Waals surface area contributed by atoms with Crippen LogP contribution in [-0.2, 0) is 0 Å². The van der Waals surface area contributed by atoms with Crippen LogP contribution < -0.4 is 4.90 Å². The Morgan fingerprint density at radius 2 is 2.00 bits per heavy atom. The minimum atomic E-state index is -4.18. The zero-order chi connectivity index (χ0) is 14.6. The molecule has 2 rings (SSSR count). The second-order valence-electron chi connectivity index (χ2n) is 4.99. The summed E-state index contributed by atoms with van der Waals surface area (Å²) in [4.78, 5) is 5.84. The summed E-state index contributed by atoms with van der Waals surface area (Å²) < 4.78 is 37.4. The molecule has 0 saturated heterocycles. The highest BCUT2D eigenvalue weighted by Gasteiger charge is 2.31. The Morgan fingerprint density at radius 3 is 2.60 bits per heavy atom. The summed E-state index contributed by atoms with van der Waals surface area (Å²) in [5.41, 5.74) is 0.234. The summed E-state index contributed by atoms with van der Waals surface area (Å²) in [5, 5.41) is 8.86. The van der Waals surface area contributed by atoms with Crippen molar-refractivity contribution in [1.82, 2.24) is 4.98 Å². The van der Waals surface area contributed by atoms with Gasteiger partial charge in [0.05, 0.1) is 6.42 Å². The average molecular weight is 283 g/mol. The smallest absolute Gasteiger partial charge is 0.353 e. The maximum absolute atomic E-state index is 12.5. The molecule has 1 heterocycles. The topological polar surface area (TPSA) is 39.9 Å². The quantitative estimate of drug-likeness (QED) is 0.846. The molecule has 108 valence electrons. The van der Waals surface area contributed by atoms with Gasteiger partial charge in [-0.05, 0) is 25.0 Å². The Labute approximate surface area is 116 Å². The lowest BCUT2D eigenvalue weighted by Gasteiger charge is -2.30. The van der Waals surface area contributed by atoms with E-state index in [9.17, 15) is 13.2 Å². The van der Waals surface area contributed by atoms with Crippen LogP contribution in [-0.4, -0.2) is 23.7 Å². The molecule has 6 heteroatoms. The van der Waals surface area contributed by atoms with Crippen LogP contribution in [0.3, 0.4) is 0 Å². The Kier molecular flexibility index (Phi) is 4.48. The van der Waals surface area contributed by atoms with Gasteiger partial charge in [0, 0.05) is 12.6 Å². The number of rotatable bonds is 4. The van der Waals surface area contributed by atoms with Crippen molar-refractivity contribution < 1.29 is 13.2 Å². The fourth-order valence-corrected chi connectivity index (χ4v) is 2.59. The van der Waals surface area contributed by atoms with E-state index in [-0.39, 0.29) is 18.3 Å². The molecule has 0 radical (unpaired) electrons. The summed E-state index contributed by atoms with van der Waals surface area (Å²) in [6, 6.07) is 6.92. The summed E-state index contributed by atoms with van der Waals surface area (Å²) in [6.07, 6.45) is -1.20. The number of pyridine rings is 1. The van der Waals surface area contributed by atoms with Gasteiger partial charge in [-0.25, -0.2) is 4.98 Å². The van der Waals surface area contributed by atoms with Crippen molar-refractivity contribution >= 4 is 5.82 Å². The Hall–Kier alpha value is -1.77. The summed E-state index contributed by atoms with van der Waals surface area (Å²) >= 11 is 0. The molecule has 0 atom stereocenters. The van der Waals surface area contributed by atoms with Gasteiger partial charge in [0.1, 0.15) is 17.6 Å². The van der Waals surface area contributed by atoms with Crippen LogP contribution in [0.2, 0.25) is 0 Å². The van der Waals surface area contributed by atoms with Crippen molar-refractivity contribution in [3.05, 3.63) is 23.9 Å². The van der Waals surface area contributed by atoms with Crippen molar-refractivity contribution in [2.24, 2.45) is 0 Å². The van der Waals surface area contributed by atoms with Crippen LogP contribution in [0.15, 0.2) is 18.2 Å². The highest BCUT2D eigenvalue weighted by Crippen LogP contribution is 2.29. The second kappa shape index (κ2) is 6.12. The molecule has 0 N–H and O–H groups in total. The molecule has 1 fully saturated rings. The van der Waals surface area contributed by atoms with Gasteiger partial charge < -0.3 is 4.90 Å². The van der Waals surface area contributed by atoms with E-state index in [1.807, 2.05) is 6.07 Å². The predicted octanol–water partition coefficient (Wildman–Crippen LogP) is 3.65. The third kappa shape index (κ3) is 3.86. The van der Waals surface area contributed by atoms with Gasteiger partial charge in [-0.15, -0.1) is 0 Å². The molecule has 1 saturated carbocycles. The lowest BCUT2D eigenvalue weighted by atomic mass is 10.2. The lowest BCUT2D eigenvalue weighted by molar-refractivity contribution is -0.132. The van der Waals surface area contributed by atoms with Crippen LogP contribution in [0.1, 0.15) is 37.8 Å². The lowest BCUT2D eigenvalue weighted by Crippen LogP contribution is -2.36. The van der Waals surface area contributed by atoms with Crippen LogP contribution in [0, 0.1) is 11.3 Å². The third-order valence-corrected chi connectivity index (χ3v) is 3.54. The molecule has 0 amide bonds. The zero-order valence-electron chi connectivity index (χ0n) is 11.0. The first-order valence-corrected chi connectivity index (χ1v) is 6.70. The zero-order valence-corrected chi connectivity index (χ0v) is 11.0. The predicted molar refractivity (Wildman–Crippen MR) is 69.2 cm³/mol. The van der Waals surface area contributed by atoms with E-state index in [0.717, 1.165) is 25.7 Å². The number of anilines is 1. The van der Waals surface area contributed by atoms with Crippen LogP contribution in [0.5, 0.6) is 0 Å². The van der Waals surface area contributed by atoms with E-state index in [4.69, 9.17) is 5.26 Å². The fraction of sp³-hybridized carbons (Fsp3) is 0.571. The van der Waals surface area contributed by atoms with Gasteiger partial charge >= 0.3 is 6.18 Å². The highest BCUT2D eigenvalue weighted by molar-refractivity contribution is 5.43. The maximum Gasteiger partial charge on any atom is 0.390 e. The number of nitrogens with zero attached hydrogens (tertiary/aromatic N) is 3. The molecule has 0 unspecified atom stereocenters. The molecule has 0 bridgehead atoms. The van der Waals surface area contributed by atoms with Crippen molar-refractivity contribution in [1.29, 1.82) is 5.26 Å². The molecular weight excluding hydrogens is 267 g/mol. The average Bonchev–Trinajstić information content (AvgIpc) is 2.92. The summed E-state index contributed by atoms with van der Waals surface area (Å²) in [5.74, 6) is 0.472. The molecule has 0 aromatic carbocycles. The van der Waals surface area contributed by atoms with Crippen LogP contribution >= 0.6 is 0 Å². The Morgan fingerprint density at radius 1 is 1.30 bits per heavy atom. The number of alkyl halides is 3. The summed E-state index contributed by atoms with van der Waals surface area (Å²) in [6.45, 7) is -0.101. The van der Waals surface area contributed by atoms with E-state index < -0.39 is 12.6 Å². The van der Waals surface area contributed by atoms with Gasteiger partial charge in [0.2, 0.25) is 0 Å². The van der Waals surface area contributed by atoms with Gasteiger partial charge in [0.15, 0.2) is 0 Å². The highest BCUT2D eigenvalue weighted by atomic mass is 19.4. The number of aromatic nitrogens is 1. The maximum atomic E-state index is 12.5. The van der Waals surface area contributed by atoms with E-state index in [1.165, 1.54) is 0 Å². The number of hydrogen-bond acceptors (Lipinski definition) is 3. The fourth-order valence-electron chi connectivity index (χ4n) is 2.59. The molecule has 0 aliphatic heterocycles. The Bertz CT molecular complexity index is 487. The van der Waals surface area contributed by atoms with Crippen LogP contribution in [0.4, 0.5) is 19.0 Å². The van der Waals surface area contributed by atoms with Crippen molar-refractivity contribution in [2.75, 3.05) is 11.4 Å². The first kappa shape index (κ1) is 14.6. The van der Waals surface area contributed by atoms with E-state index in [0.29, 0.717) is 5.82 Å². The number of nitriles is 1. The van der Waals surface area contributed by atoms with E-state index in [2.05, 4.69) is 4.98 Å². The molecule has 1 aliphatic carbocycles. The Balaban J connectivity index is 2.18.